The van der Waals surface area contributed by atoms with Crippen LogP contribution < -0.4 is 10.6 Å². The van der Waals surface area contributed by atoms with Crippen LogP contribution in [0.1, 0.15) is 12.8 Å². The molecule has 1 heterocycles. The largest absolute Gasteiger partial charge is 0.411 e. The molecule has 1 saturated heterocycles. The molecular weight excluding hydrogens is 209 g/mol. The van der Waals surface area contributed by atoms with Gasteiger partial charge in [0.2, 0.25) is 0 Å². The van der Waals surface area contributed by atoms with E-state index < -0.39 is 0 Å². The van der Waals surface area contributed by atoms with Gasteiger partial charge in [-0.25, -0.2) is 4.39 Å². The normalized spacial score (nSPS) is 16.3. The molecule has 0 amide bonds. The number of halogens is 1. The van der Waals surface area contributed by atoms with Crippen LogP contribution in [0.2, 0.25) is 0 Å². The second-order valence-electron chi connectivity index (χ2n) is 3.86. The second-order valence-corrected chi connectivity index (χ2v) is 3.86. The predicted molar refractivity (Wildman–Crippen MR) is 61.5 cm³/mol. The molecule has 0 unspecified atom stereocenters. The van der Waals surface area contributed by atoms with E-state index in [9.17, 15) is 4.39 Å². The SMILES string of the molecule is Nc1ccc(N2CCC(=NO)CC2)c(F)c1. The van der Waals surface area contributed by atoms with E-state index in [0.29, 0.717) is 37.3 Å². The summed E-state index contributed by atoms with van der Waals surface area (Å²) in [5, 5.41) is 11.8. The average molecular weight is 223 g/mol. The van der Waals surface area contributed by atoms with Gasteiger partial charge in [-0.05, 0) is 18.2 Å². The number of oxime groups is 1. The zero-order valence-corrected chi connectivity index (χ0v) is 8.86. The summed E-state index contributed by atoms with van der Waals surface area (Å²) in [6, 6.07) is 4.70. The number of nitrogen functional groups attached to an aromatic ring is 1. The second kappa shape index (κ2) is 4.38. The first kappa shape index (κ1) is 10.7. The fourth-order valence-electron chi connectivity index (χ4n) is 1.89. The van der Waals surface area contributed by atoms with Crippen molar-refractivity contribution in [2.45, 2.75) is 12.8 Å². The third kappa shape index (κ3) is 2.08. The zero-order chi connectivity index (χ0) is 11.5. The number of benzene rings is 1. The summed E-state index contributed by atoms with van der Waals surface area (Å²) in [7, 11) is 0. The van der Waals surface area contributed by atoms with Crippen LogP contribution in [-0.4, -0.2) is 24.0 Å². The number of hydrogen-bond acceptors (Lipinski definition) is 4. The Kier molecular flexibility index (Phi) is 2.94. The molecule has 4 nitrogen and oxygen atoms in total. The quantitative estimate of drug-likeness (QED) is 0.434. The minimum absolute atomic E-state index is 0.301. The van der Waals surface area contributed by atoms with E-state index in [0.717, 1.165) is 5.71 Å². The van der Waals surface area contributed by atoms with Gasteiger partial charge in [-0.2, -0.15) is 0 Å². The highest BCUT2D eigenvalue weighted by Crippen LogP contribution is 2.24. The van der Waals surface area contributed by atoms with Crippen molar-refractivity contribution in [3.63, 3.8) is 0 Å². The standard InChI is InChI=1S/C11H14FN3O/c12-10-7-8(13)1-2-11(10)15-5-3-9(14-16)4-6-15/h1-2,7,16H,3-6,13H2. The Hall–Kier alpha value is -1.78. The number of piperidine rings is 1. The molecule has 0 spiro atoms. The first-order valence-corrected chi connectivity index (χ1v) is 5.20. The molecule has 0 aliphatic carbocycles. The van der Waals surface area contributed by atoms with Crippen LogP contribution in [0.3, 0.4) is 0 Å². The maximum absolute atomic E-state index is 13.6. The Labute approximate surface area is 93.2 Å². The molecule has 1 fully saturated rings. The molecule has 0 radical (unpaired) electrons. The highest BCUT2D eigenvalue weighted by atomic mass is 19.1. The summed E-state index contributed by atoms with van der Waals surface area (Å²) in [6.07, 6.45) is 1.33. The molecule has 1 aromatic carbocycles. The summed E-state index contributed by atoms with van der Waals surface area (Å²) in [6.45, 7) is 1.33. The van der Waals surface area contributed by atoms with Gasteiger partial charge < -0.3 is 15.8 Å². The summed E-state index contributed by atoms with van der Waals surface area (Å²) in [4.78, 5) is 1.93. The molecule has 5 heteroatoms. The fourth-order valence-corrected chi connectivity index (χ4v) is 1.89. The van der Waals surface area contributed by atoms with Gasteiger partial charge in [0, 0.05) is 31.6 Å². The number of hydrogen-bond donors (Lipinski definition) is 2. The van der Waals surface area contributed by atoms with Gasteiger partial charge in [-0.3, -0.25) is 0 Å². The van der Waals surface area contributed by atoms with E-state index >= 15 is 0 Å². The Balaban J connectivity index is 2.14. The van der Waals surface area contributed by atoms with Gasteiger partial charge >= 0.3 is 0 Å². The molecule has 1 aliphatic heterocycles. The summed E-state index contributed by atoms with van der Waals surface area (Å²) in [5.74, 6) is -0.301. The fraction of sp³-hybridized carbons (Fsp3) is 0.364. The minimum atomic E-state index is -0.301. The van der Waals surface area contributed by atoms with Crippen LogP contribution in [0.15, 0.2) is 23.4 Å². The van der Waals surface area contributed by atoms with Crippen LogP contribution in [0.25, 0.3) is 0 Å². The Morgan fingerprint density at radius 2 is 2.00 bits per heavy atom. The minimum Gasteiger partial charge on any atom is -0.411 e. The molecule has 0 aromatic heterocycles. The molecule has 1 aromatic rings. The molecule has 0 saturated carbocycles. The Morgan fingerprint density at radius 1 is 1.31 bits per heavy atom. The first-order valence-electron chi connectivity index (χ1n) is 5.20. The van der Waals surface area contributed by atoms with Crippen LogP contribution in [0.5, 0.6) is 0 Å². The maximum Gasteiger partial charge on any atom is 0.148 e. The van der Waals surface area contributed by atoms with Crippen molar-refractivity contribution in [3.05, 3.63) is 24.0 Å². The van der Waals surface area contributed by atoms with Crippen molar-refractivity contribution >= 4 is 17.1 Å². The van der Waals surface area contributed by atoms with E-state index in [1.54, 1.807) is 12.1 Å². The van der Waals surface area contributed by atoms with Crippen molar-refractivity contribution in [1.29, 1.82) is 0 Å². The highest BCUT2D eigenvalue weighted by Gasteiger charge is 2.18. The maximum atomic E-state index is 13.6. The topological polar surface area (TPSA) is 61.8 Å². The number of nitrogens with two attached hydrogens (primary N) is 1. The van der Waals surface area contributed by atoms with Gasteiger partial charge in [0.25, 0.3) is 0 Å². The molecule has 2 rings (SSSR count). The van der Waals surface area contributed by atoms with Crippen LogP contribution in [0, 0.1) is 5.82 Å². The van der Waals surface area contributed by atoms with E-state index in [-0.39, 0.29) is 5.82 Å². The van der Waals surface area contributed by atoms with Crippen molar-refractivity contribution in [3.8, 4) is 0 Å². The third-order valence-electron chi connectivity index (χ3n) is 2.79. The van der Waals surface area contributed by atoms with E-state index in [4.69, 9.17) is 10.9 Å². The number of anilines is 2. The molecule has 0 atom stereocenters. The third-order valence-corrected chi connectivity index (χ3v) is 2.79. The lowest BCUT2D eigenvalue weighted by atomic mass is 10.1. The van der Waals surface area contributed by atoms with Crippen LogP contribution >= 0.6 is 0 Å². The van der Waals surface area contributed by atoms with Crippen molar-refractivity contribution in [2.24, 2.45) is 5.16 Å². The monoisotopic (exact) mass is 223 g/mol. The van der Waals surface area contributed by atoms with Crippen molar-refractivity contribution in [2.75, 3.05) is 23.7 Å². The van der Waals surface area contributed by atoms with Gasteiger partial charge in [0.1, 0.15) is 5.82 Å². The zero-order valence-electron chi connectivity index (χ0n) is 8.86. The lowest BCUT2D eigenvalue weighted by molar-refractivity contribution is 0.315. The molecule has 86 valence electrons. The van der Waals surface area contributed by atoms with Crippen molar-refractivity contribution < 1.29 is 9.60 Å². The highest BCUT2D eigenvalue weighted by molar-refractivity contribution is 5.86. The first-order chi connectivity index (χ1) is 7.70. The van der Waals surface area contributed by atoms with Crippen molar-refractivity contribution in [1.82, 2.24) is 0 Å². The van der Waals surface area contributed by atoms with E-state index in [1.165, 1.54) is 6.07 Å². The van der Waals surface area contributed by atoms with Gasteiger partial charge in [0.15, 0.2) is 0 Å². The van der Waals surface area contributed by atoms with Crippen LogP contribution in [-0.2, 0) is 0 Å². The number of rotatable bonds is 1. The number of nitrogens with zero attached hydrogens (tertiary/aromatic N) is 2. The average Bonchev–Trinajstić information content (AvgIpc) is 2.29. The van der Waals surface area contributed by atoms with Crippen LogP contribution in [0.4, 0.5) is 15.8 Å². The Bertz CT molecular complexity index is 410. The molecule has 3 N–H and O–H groups in total. The summed E-state index contributed by atoms with van der Waals surface area (Å²) in [5.41, 5.74) is 7.25. The summed E-state index contributed by atoms with van der Waals surface area (Å²) >= 11 is 0. The molecule has 16 heavy (non-hydrogen) atoms. The molecule has 1 aliphatic rings. The predicted octanol–water partition coefficient (Wildman–Crippen LogP) is 1.84. The molecular formula is C11H14FN3O. The summed E-state index contributed by atoms with van der Waals surface area (Å²) < 4.78 is 13.6. The van der Waals surface area contributed by atoms with Gasteiger partial charge in [-0.1, -0.05) is 5.16 Å². The lowest BCUT2D eigenvalue weighted by Gasteiger charge is -2.29. The lowest BCUT2D eigenvalue weighted by Crippen LogP contribution is -2.34. The smallest absolute Gasteiger partial charge is 0.148 e. The van der Waals surface area contributed by atoms with Gasteiger partial charge in [-0.15, -0.1) is 0 Å². The molecule has 0 bridgehead atoms. The van der Waals surface area contributed by atoms with E-state index in [2.05, 4.69) is 5.16 Å². The Morgan fingerprint density at radius 3 is 2.56 bits per heavy atom. The van der Waals surface area contributed by atoms with Gasteiger partial charge in [0.05, 0.1) is 11.4 Å². The van der Waals surface area contributed by atoms with E-state index in [1.807, 2.05) is 4.90 Å².